The van der Waals surface area contributed by atoms with Gasteiger partial charge in [0.15, 0.2) is 11.5 Å². The molecule has 1 N–H and O–H groups in total. The number of nitrogens with one attached hydrogen (secondary N) is 1. The van der Waals surface area contributed by atoms with Crippen LogP contribution in [0.2, 0.25) is 0 Å². The van der Waals surface area contributed by atoms with E-state index >= 15 is 0 Å². The van der Waals surface area contributed by atoms with Crippen LogP contribution in [0.4, 0.5) is 5.69 Å². The monoisotopic (exact) mass is 470 g/mol. The Morgan fingerprint density at radius 1 is 0.943 bits per heavy atom. The fourth-order valence-electron chi connectivity index (χ4n) is 4.85. The molecular weight excluding hydrogens is 444 g/mol. The molecule has 4 heterocycles. The summed E-state index contributed by atoms with van der Waals surface area (Å²) >= 11 is 0. The number of benzene rings is 2. The SMILES string of the molecule is Cc1nn(-c2ccccc2)c(C)c1N1CCN(C(=O)c2cc(-c3ccc4c(c3)OCO4)n[nH]2)CC1. The molecule has 178 valence electrons. The maximum Gasteiger partial charge on any atom is 0.272 e. The summed E-state index contributed by atoms with van der Waals surface area (Å²) in [6, 6.07) is 17.6. The number of amides is 1. The Morgan fingerprint density at radius 2 is 1.71 bits per heavy atom. The van der Waals surface area contributed by atoms with Crippen molar-refractivity contribution in [3.8, 4) is 28.4 Å². The van der Waals surface area contributed by atoms with Crippen molar-refractivity contribution in [1.29, 1.82) is 0 Å². The molecule has 0 bridgehead atoms. The Hall–Kier alpha value is -4.27. The van der Waals surface area contributed by atoms with E-state index in [4.69, 9.17) is 14.6 Å². The summed E-state index contributed by atoms with van der Waals surface area (Å²) in [6.07, 6.45) is 0. The summed E-state index contributed by atoms with van der Waals surface area (Å²) < 4.78 is 12.8. The van der Waals surface area contributed by atoms with E-state index in [1.807, 2.05) is 52.9 Å². The molecule has 0 aliphatic carbocycles. The number of aryl methyl sites for hydroxylation is 1. The third-order valence-corrected chi connectivity index (χ3v) is 6.61. The zero-order valence-electron chi connectivity index (χ0n) is 19.7. The van der Waals surface area contributed by atoms with E-state index in [1.165, 1.54) is 0 Å². The first-order valence-electron chi connectivity index (χ1n) is 11.7. The first-order valence-corrected chi connectivity index (χ1v) is 11.7. The highest BCUT2D eigenvalue weighted by Gasteiger charge is 2.27. The van der Waals surface area contributed by atoms with Gasteiger partial charge in [0.05, 0.1) is 28.5 Å². The van der Waals surface area contributed by atoms with Crippen LogP contribution in [0.1, 0.15) is 21.9 Å². The van der Waals surface area contributed by atoms with E-state index in [9.17, 15) is 4.79 Å². The number of fused-ring (bicyclic) bond motifs is 1. The van der Waals surface area contributed by atoms with Crippen molar-refractivity contribution >= 4 is 11.6 Å². The summed E-state index contributed by atoms with van der Waals surface area (Å²) in [5.41, 5.74) is 6.35. The molecule has 9 heteroatoms. The number of rotatable bonds is 4. The topological polar surface area (TPSA) is 88.5 Å². The highest BCUT2D eigenvalue weighted by atomic mass is 16.7. The van der Waals surface area contributed by atoms with Crippen molar-refractivity contribution in [3.05, 3.63) is 71.7 Å². The zero-order chi connectivity index (χ0) is 23.9. The number of carbonyl (C=O) groups excluding carboxylic acids is 1. The quantitative estimate of drug-likeness (QED) is 0.491. The molecule has 2 aromatic carbocycles. The summed E-state index contributed by atoms with van der Waals surface area (Å²) in [4.78, 5) is 17.4. The van der Waals surface area contributed by atoms with E-state index in [1.54, 1.807) is 6.07 Å². The van der Waals surface area contributed by atoms with Gasteiger partial charge in [0, 0.05) is 31.7 Å². The Bertz CT molecular complexity index is 1390. The summed E-state index contributed by atoms with van der Waals surface area (Å²) in [5.74, 6) is 1.37. The van der Waals surface area contributed by atoms with Gasteiger partial charge in [-0.1, -0.05) is 18.2 Å². The summed E-state index contributed by atoms with van der Waals surface area (Å²) in [5, 5.41) is 12.0. The van der Waals surface area contributed by atoms with Gasteiger partial charge in [-0.3, -0.25) is 9.89 Å². The minimum absolute atomic E-state index is 0.0439. The standard InChI is InChI=1S/C26H26N6O3/c1-17-25(18(2)32(29-17)20-6-4-3-5-7-20)30-10-12-31(13-11-30)26(33)22-15-21(27-28-22)19-8-9-23-24(14-19)35-16-34-23/h3-9,14-15H,10-13,16H2,1-2H3,(H,27,28). The second-order valence-electron chi connectivity index (χ2n) is 8.78. The number of nitrogens with zero attached hydrogens (tertiary/aromatic N) is 5. The first kappa shape index (κ1) is 21.3. The van der Waals surface area contributed by atoms with Gasteiger partial charge in [-0.15, -0.1) is 0 Å². The molecule has 6 rings (SSSR count). The van der Waals surface area contributed by atoms with E-state index < -0.39 is 0 Å². The van der Waals surface area contributed by atoms with Crippen LogP contribution in [0.25, 0.3) is 16.9 Å². The molecule has 0 unspecified atom stereocenters. The predicted molar refractivity (Wildman–Crippen MR) is 131 cm³/mol. The minimum Gasteiger partial charge on any atom is -0.454 e. The van der Waals surface area contributed by atoms with Crippen molar-refractivity contribution in [3.63, 3.8) is 0 Å². The lowest BCUT2D eigenvalue weighted by atomic mass is 10.1. The second-order valence-corrected chi connectivity index (χ2v) is 8.78. The summed E-state index contributed by atoms with van der Waals surface area (Å²) in [6.45, 7) is 7.12. The van der Waals surface area contributed by atoms with Gasteiger partial charge in [-0.2, -0.15) is 10.2 Å². The first-order chi connectivity index (χ1) is 17.1. The van der Waals surface area contributed by atoms with Crippen LogP contribution < -0.4 is 14.4 Å². The van der Waals surface area contributed by atoms with Gasteiger partial charge in [0.25, 0.3) is 5.91 Å². The third-order valence-electron chi connectivity index (χ3n) is 6.61. The van der Waals surface area contributed by atoms with Gasteiger partial charge in [-0.05, 0) is 50.2 Å². The van der Waals surface area contributed by atoms with Gasteiger partial charge >= 0.3 is 0 Å². The molecule has 9 nitrogen and oxygen atoms in total. The molecular formula is C26H26N6O3. The zero-order valence-corrected chi connectivity index (χ0v) is 19.7. The molecule has 0 spiro atoms. The largest absolute Gasteiger partial charge is 0.454 e. The molecule has 0 atom stereocenters. The lowest BCUT2D eigenvalue weighted by Crippen LogP contribution is -2.49. The molecule has 0 radical (unpaired) electrons. The molecule has 0 saturated carbocycles. The fraction of sp³-hybridized carbons (Fsp3) is 0.269. The van der Waals surface area contributed by atoms with Crippen LogP contribution in [-0.4, -0.2) is 63.8 Å². The molecule has 1 saturated heterocycles. The number of para-hydroxylation sites is 1. The predicted octanol–water partition coefficient (Wildman–Crippen LogP) is 3.57. The van der Waals surface area contributed by atoms with Crippen LogP contribution in [0.15, 0.2) is 54.6 Å². The van der Waals surface area contributed by atoms with Gasteiger partial charge in [0.2, 0.25) is 6.79 Å². The Balaban J connectivity index is 1.14. The molecule has 2 aromatic heterocycles. The van der Waals surface area contributed by atoms with Crippen molar-refractivity contribution in [1.82, 2.24) is 24.9 Å². The van der Waals surface area contributed by atoms with Crippen LogP contribution in [0, 0.1) is 13.8 Å². The Kier molecular flexibility index (Phi) is 5.17. The fourth-order valence-corrected chi connectivity index (χ4v) is 4.85. The number of hydrogen-bond acceptors (Lipinski definition) is 6. The molecule has 35 heavy (non-hydrogen) atoms. The highest BCUT2D eigenvalue weighted by Crippen LogP contribution is 2.35. The number of aromatic nitrogens is 4. The van der Waals surface area contributed by atoms with Crippen LogP contribution >= 0.6 is 0 Å². The normalized spacial score (nSPS) is 15.0. The van der Waals surface area contributed by atoms with E-state index in [-0.39, 0.29) is 12.7 Å². The van der Waals surface area contributed by atoms with Crippen LogP contribution in [-0.2, 0) is 0 Å². The molecule has 2 aliphatic rings. The molecule has 1 amide bonds. The van der Waals surface area contributed by atoms with Gasteiger partial charge in [-0.25, -0.2) is 4.68 Å². The van der Waals surface area contributed by atoms with E-state index in [0.29, 0.717) is 30.2 Å². The molecule has 2 aliphatic heterocycles. The number of carbonyl (C=O) groups is 1. The number of anilines is 1. The summed E-state index contributed by atoms with van der Waals surface area (Å²) in [7, 11) is 0. The smallest absolute Gasteiger partial charge is 0.272 e. The van der Waals surface area contributed by atoms with Crippen LogP contribution in [0.5, 0.6) is 11.5 Å². The molecule has 4 aromatic rings. The third kappa shape index (κ3) is 3.78. The average molecular weight is 471 g/mol. The number of ether oxygens (including phenoxy) is 2. The maximum absolute atomic E-state index is 13.2. The van der Waals surface area contributed by atoms with E-state index in [0.717, 1.165) is 47.2 Å². The van der Waals surface area contributed by atoms with Gasteiger partial charge < -0.3 is 19.3 Å². The number of H-pyrrole nitrogens is 1. The van der Waals surface area contributed by atoms with E-state index in [2.05, 4.69) is 34.2 Å². The Labute approximate surface area is 202 Å². The van der Waals surface area contributed by atoms with Gasteiger partial charge in [0.1, 0.15) is 5.69 Å². The maximum atomic E-state index is 13.2. The number of piperazine rings is 1. The average Bonchev–Trinajstić information content (AvgIpc) is 3.63. The number of aromatic amines is 1. The Morgan fingerprint density at radius 3 is 2.51 bits per heavy atom. The number of hydrogen-bond donors (Lipinski definition) is 1. The molecule has 1 fully saturated rings. The van der Waals surface area contributed by atoms with Crippen molar-refractivity contribution in [2.24, 2.45) is 0 Å². The van der Waals surface area contributed by atoms with Crippen LogP contribution in [0.3, 0.4) is 0 Å². The lowest BCUT2D eigenvalue weighted by molar-refractivity contribution is 0.0741. The lowest BCUT2D eigenvalue weighted by Gasteiger charge is -2.36. The van der Waals surface area contributed by atoms with Crippen molar-refractivity contribution in [2.75, 3.05) is 37.9 Å². The highest BCUT2D eigenvalue weighted by molar-refractivity contribution is 5.93. The second kappa shape index (κ2) is 8.50. The van der Waals surface area contributed by atoms with Crippen molar-refractivity contribution in [2.45, 2.75) is 13.8 Å². The minimum atomic E-state index is -0.0439. The van der Waals surface area contributed by atoms with Crippen molar-refractivity contribution < 1.29 is 14.3 Å².